The summed E-state index contributed by atoms with van der Waals surface area (Å²) in [6.07, 6.45) is 3.03. The molecular weight excluding hydrogens is 318 g/mol. The summed E-state index contributed by atoms with van der Waals surface area (Å²) in [6, 6.07) is 9.27. The lowest BCUT2D eigenvalue weighted by molar-refractivity contribution is -0.0498. The van der Waals surface area contributed by atoms with Gasteiger partial charge in [-0.2, -0.15) is 23.6 Å². The molecule has 2 aromatic heterocycles. The predicted molar refractivity (Wildman–Crippen MR) is 81.9 cm³/mol. The molecule has 0 saturated carbocycles. The number of carbonyl (C=O) groups excluding carboxylic acids is 1. The molecule has 0 fully saturated rings. The molecule has 0 aliphatic carbocycles. The second-order valence-electron chi connectivity index (χ2n) is 5.10. The van der Waals surface area contributed by atoms with Crippen molar-refractivity contribution < 1.29 is 18.3 Å². The highest BCUT2D eigenvalue weighted by atomic mass is 19.3. The molecule has 24 heavy (non-hydrogen) atoms. The van der Waals surface area contributed by atoms with Gasteiger partial charge >= 0.3 is 6.61 Å². The van der Waals surface area contributed by atoms with Crippen LogP contribution in [0.2, 0.25) is 0 Å². The topological polar surface area (TPSA) is 68.5 Å². The normalized spacial score (nSPS) is 12.3. The summed E-state index contributed by atoms with van der Waals surface area (Å²) < 4.78 is 30.0. The van der Waals surface area contributed by atoms with Gasteiger partial charge < -0.3 is 10.1 Å². The van der Waals surface area contributed by atoms with E-state index in [4.69, 9.17) is 0 Å². The number of amides is 1. The lowest BCUT2D eigenvalue weighted by Crippen LogP contribution is -2.26. The standard InChI is InChI=1S/C16H14F2N4O2/c1-10(11-4-6-12(7-5-11)24-16(17)18)21-15(23)13-9-20-22-14(13)3-2-8-19-22/h2-10,16H,1H3,(H,21,23). The van der Waals surface area contributed by atoms with Crippen molar-refractivity contribution in [2.45, 2.75) is 19.6 Å². The summed E-state index contributed by atoms with van der Waals surface area (Å²) in [5.74, 6) is -0.223. The number of carbonyl (C=O) groups is 1. The predicted octanol–water partition coefficient (Wildman–Crippen LogP) is 2.82. The first-order valence-corrected chi connectivity index (χ1v) is 7.19. The number of aromatic nitrogens is 3. The highest BCUT2D eigenvalue weighted by molar-refractivity contribution is 6.00. The van der Waals surface area contributed by atoms with E-state index in [0.29, 0.717) is 11.1 Å². The van der Waals surface area contributed by atoms with Gasteiger partial charge in [0, 0.05) is 6.20 Å². The second-order valence-corrected chi connectivity index (χ2v) is 5.10. The van der Waals surface area contributed by atoms with E-state index in [1.165, 1.54) is 23.0 Å². The van der Waals surface area contributed by atoms with Gasteiger partial charge in [-0.25, -0.2) is 0 Å². The number of fused-ring (bicyclic) bond motifs is 1. The number of rotatable bonds is 5. The Labute approximate surface area is 136 Å². The molecule has 1 atom stereocenters. The zero-order valence-electron chi connectivity index (χ0n) is 12.7. The maximum atomic E-state index is 12.4. The molecule has 6 nitrogen and oxygen atoms in total. The zero-order chi connectivity index (χ0) is 17.1. The fourth-order valence-corrected chi connectivity index (χ4v) is 2.30. The average molecular weight is 332 g/mol. The summed E-state index contributed by atoms with van der Waals surface area (Å²) in [6.45, 7) is -1.07. The van der Waals surface area contributed by atoms with E-state index < -0.39 is 6.61 Å². The first-order chi connectivity index (χ1) is 11.5. The van der Waals surface area contributed by atoms with Crippen molar-refractivity contribution in [2.24, 2.45) is 0 Å². The van der Waals surface area contributed by atoms with Crippen LogP contribution in [0, 0.1) is 0 Å². The van der Waals surface area contributed by atoms with Crippen molar-refractivity contribution in [1.82, 2.24) is 20.1 Å². The number of ether oxygens (including phenoxy) is 1. The zero-order valence-corrected chi connectivity index (χ0v) is 12.7. The van der Waals surface area contributed by atoms with Crippen LogP contribution in [-0.2, 0) is 0 Å². The Morgan fingerprint density at radius 3 is 2.67 bits per heavy atom. The third-order valence-electron chi connectivity index (χ3n) is 3.50. The van der Waals surface area contributed by atoms with Gasteiger partial charge in [-0.3, -0.25) is 4.79 Å². The van der Waals surface area contributed by atoms with Crippen molar-refractivity contribution in [1.29, 1.82) is 0 Å². The minimum atomic E-state index is -2.86. The smallest absolute Gasteiger partial charge is 0.387 e. The van der Waals surface area contributed by atoms with Gasteiger partial charge in [-0.15, -0.1) is 0 Å². The van der Waals surface area contributed by atoms with Gasteiger partial charge in [-0.1, -0.05) is 12.1 Å². The molecule has 0 aliphatic rings. The van der Waals surface area contributed by atoms with Gasteiger partial charge in [0.1, 0.15) is 11.3 Å². The SMILES string of the molecule is CC(NC(=O)c1cnn2ncccc12)c1ccc(OC(F)F)cc1. The fourth-order valence-electron chi connectivity index (χ4n) is 2.30. The van der Waals surface area contributed by atoms with Crippen LogP contribution in [0.5, 0.6) is 5.75 Å². The van der Waals surface area contributed by atoms with Crippen LogP contribution in [0.4, 0.5) is 8.78 Å². The molecular formula is C16H14F2N4O2. The molecule has 0 saturated heterocycles. The fraction of sp³-hybridized carbons (Fsp3) is 0.188. The maximum absolute atomic E-state index is 12.4. The van der Waals surface area contributed by atoms with E-state index in [1.807, 2.05) is 0 Å². The molecule has 3 aromatic rings. The molecule has 124 valence electrons. The minimum absolute atomic E-state index is 0.0704. The van der Waals surface area contributed by atoms with E-state index in [-0.39, 0.29) is 17.7 Å². The van der Waals surface area contributed by atoms with Gasteiger partial charge in [0.15, 0.2) is 0 Å². The Morgan fingerprint density at radius 2 is 1.96 bits per heavy atom. The average Bonchev–Trinajstić information content (AvgIpc) is 2.99. The van der Waals surface area contributed by atoms with E-state index in [0.717, 1.165) is 5.56 Å². The van der Waals surface area contributed by atoms with Crippen molar-refractivity contribution in [3.63, 3.8) is 0 Å². The number of hydrogen-bond donors (Lipinski definition) is 1. The summed E-state index contributed by atoms with van der Waals surface area (Å²) >= 11 is 0. The van der Waals surface area contributed by atoms with Crippen LogP contribution in [0.15, 0.2) is 48.8 Å². The second kappa shape index (κ2) is 6.61. The summed E-state index contributed by atoms with van der Waals surface area (Å²) in [5, 5.41) is 10.9. The molecule has 3 rings (SSSR count). The van der Waals surface area contributed by atoms with Crippen molar-refractivity contribution in [3.8, 4) is 5.75 Å². The highest BCUT2D eigenvalue weighted by Gasteiger charge is 2.16. The van der Waals surface area contributed by atoms with Crippen LogP contribution in [0.3, 0.4) is 0 Å². The molecule has 1 unspecified atom stereocenters. The van der Waals surface area contributed by atoms with E-state index in [2.05, 4.69) is 20.3 Å². The van der Waals surface area contributed by atoms with Gasteiger partial charge in [0.2, 0.25) is 0 Å². The molecule has 1 N–H and O–H groups in total. The molecule has 0 aliphatic heterocycles. The van der Waals surface area contributed by atoms with Crippen molar-refractivity contribution in [3.05, 3.63) is 59.9 Å². The Hall–Kier alpha value is -3.03. The molecule has 2 heterocycles. The third-order valence-corrected chi connectivity index (χ3v) is 3.50. The first-order valence-electron chi connectivity index (χ1n) is 7.19. The number of benzene rings is 1. The van der Waals surface area contributed by atoms with Crippen LogP contribution in [0.25, 0.3) is 5.52 Å². The minimum Gasteiger partial charge on any atom is -0.435 e. The summed E-state index contributed by atoms with van der Waals surface area (Å²) in [5.41, 5.74) is 1.77. The molecule has 0 radical (unpaired) electrons. The highest BCUT2D eigenvalue weighted by Crippen LogP contribution is 2.20. The molecule has 1 amide bonds. The van der Waals surface area contributed by atoms with E-state index in [9.17, 15) is 13.6 Å². The Kier molecular flexibility index (Phi) is 4.37. The molecule has 0 bridgehead atoms. The largest absolute Gasteiger partial charge is 0.435 e. The van der Waals surface area contributed by atoms with Crippen LogP contribution < -0.4 is 10.1 Å². The quantitative estimate of drug-likeness (QED) is 0.780. The number of nitrogens with one attached hydrogen (secondary N) is 1. The third kappa shape index (κ3) is 3.32. The monoisotopic (exact) mass is 332 g/mol. The van der Waals surface area contributed by atoms with Gasteiger partial charge in [-0.05, 0) is 36.8 Å². The summed E-state index contributed by atoms with van der Waals surface area (Å²) in [4.78, 5) is 12.4. The van der Waals surface area contributed by atoms with Crippen LogP contribution in [-0.4, -0.2) is 27.3 Å². The van der Waals surface area contributed by atoms with Crippen molar-refractivity contribution >= 4 is 11.4 Å². The number of alkyl halides is 2. The number of hydrogen-bond acceptors (Lipinski definition) is 4. The molecule has 1 aromatic carbocycles. The van der Waals surface area contributed by atoms with Crippen LogP contribution >= 0.6 is 0 Å². The first kappa shape index (κ1) is 15.9. The lowest BCUT2D eigenvalue weighted by atomic mass is 10.1. The Morgan fingerprint density at radius 1 is 1.21 bits per heavy atom. The Bertz CT molecular complexity index is 849. The maximum Gasteiger partial charge on any atom is 0.387 e. The van der Waals surface area contributed by atoms with E-state index in [1.54, 1.807) is 37.4 Å². The molecule has 8 heteroatoms. The van der Waals surface area contributed by atoms with Gasteiger partial charge in [0.25, 0.3) is 5.91 Å². The van der Waals surface area contributed by atoms with Crippen molar-refractivity contribution in [2.75, 3.05) is 0 Å². The molecule has 0 spiro atoms. The van der Waals surface area contributed by atoms with Gasteiger partial charge in [0.05, 0.1) is 17.8 Å². The number of halogens is 2. The lowest BCUT2D eigenvalue weighted by Gasteiger charge is -2.14. The Balaban J connectivity index is 1.72. The van der Waals surface area contributed by atoms with E-state index >= 15 is 0 Å². The van der Waals surface area contributed by atoms with Crippen LogP contribution in [0.1, 0.15) is 28.9 Å². The summed E-state index contributed by atoms with van der Waals surface area (Å²) in [7, 11) is 0. The number of nitrogens with zero attached hydrogens (tertiary/aromatic N) is 3.